The van der Waals surface area contributed by atoms with Gasteiger partial charge in [0.15, 0.2) is 0 Å². The lowest BCUT2D eigenvalue weighted by molar-refractivity contribution is 0.0761. The highest BCUT2D eigenvalue weighted by Crippen LogP contribution is 2.15. The fourth-order valence-corrected chi connectivity index (χ4v) is 3.43. The molecule has 1 aromatic carbocycles. The highest BCUT2D eigenvalue weighted by molar-refractivity contribution is 5.94. The summed E-state index contributed by atoms with van der Waals surface area (Å²) in [7, 11) is 0. The molecule has 3 aromatic rings. The molecule has 26 heavy (non-hydrogen) atoms. The molecule has 0 saturated carbocycles. The first-order chi connectivity index (χ1) is 12.8. The van der Waals surface area contributed by atoms with Gasteiger partial charge in [-0.2, -0.15) is 0 Å². The zero-order chi connectivity index (χ0) is 17.8. The molecule has 0 bridgehead atoms. The molecule has 1 aliphatic heterocycles. The number of para-hydroxylation sites is 1. The number of carbonyl (C=O) groups excluding carboxylic acids is 1. The first-order valence-electron chi connectivity index (χ1n) is 9.06. The zero-order valence-corrected chi connectivity index (χ0v) is 14.7. The standard InChI is InChI=1S/C21H22N4O/c26-21(18-8-10-22-11-9-18)25-13-3-12-24(14-15-25)16-19-7-6-17-4-1-2-5-20(17)23-19/h1-2,4-11H,3,12-16H2. The van der Waals surface area contributed by atoms with E-state index in [0.29, 0.717) is 5.56 Å². The molecule has 1 fully saturated rings. The van der Waals surface area contributed by atoms with Crippen LogP contribution in [-0.2, 0) is 6.54 Å². The van der Waals surface area contributed by atoms with Crippen LogP contribution in [0.2, 0.25) is 0 Å². The third-order valence-electron chi connectivity index (χ3n) is 4.84. The van der Waals surface area contributed by atoms with Gasteiger partial charge in [0.2, 0.25) is 0 Å². The minimum Gasteiger partial charge on any atom is -0.337 e. The van der Waals surface area contributed by atoms with Gasteiger partial charge in [-0.25, -0.2) is 0 Å². The highest BCUT2D eigenvalue weighted by atomic mass is 16.2. The lowest BCUT2D eigenvalue weighted by atomic mass is 10.2. The number of aromatic nitrogens is 2. The predicted octanol–water partition coefficient (Wildman–Crippen LogP) is 2.98. The van der Waals surface area contributed by atoms with E-state index in [1.54, 1.807) is 24.5 Å². The molecule has 0 unspecified atom stereocenters. The van der Waals surface area contributed by atoms with Crippen molar-refractivity contribution in [3.05, 3.63) is 72.2 Å². The third kappa shape index (κ3) is 3.73. The molecule has 132 valence electrons. The van der Waals surface area contributed by atoms with Crippen LogP contribution in [-0.4, -0.2) is 51.9 Å². The number of nitrogens with zero attached hydrogens (tertiary/aromatic N) is 4. The second kappa shape index (κ2) is 7.62. The van der Waals surface area contributed by atoms with Crippen LogP contribution in [0.4, 0.5) is 0 Å². The van der Waals surface area contributed by atoms with Crippen molar-refractivity contribution in [2.75, 3.05) is 26.2 Å². The number of benzene rings is 1. The minimum absolute atomic E-state index is 0.0954. The van der Waals surface area contributed by atoms with Gasteiger partial charge in [0.05, 0.1) is 11.2 Å². The minimum atomic E-state index is 0.0954. The SMILES string of the molecule is O=C(c1ccncc1)N1CCCN(Cc2ccc3ccccc3n2)CC1. The number of pyridine rings is 2. The Hall–Kier alpha value is -2.79. The van der Waals surface area contributed by atoms with Crippen LogP contribution in [0.5, 0.6) is 0 Å². The summed E-state index contributed by atoms with van der Waals surface area (Å²) in [6.07, 6.45) is 4.32. The molecule has 4 rings (SSSR count). The third-order valence-corrected chi connectivity index (χ3v) is 4.84. The van der Waals surface area contributed by atoms with Crippen molar-refractivity contribution in [2.45, 2.75) is 13.0 Å². The molecule has 1 aliphatic rings. The summed E-state index contributed by atoms with van der Waals surface area (Å²) in [5, 5.41) is 1.17. The van der Waals surface area contributed by atoms with Crippen molar-refractivity contribution in [3.63, 3.8) is 0 Å². The van der Waals surface area contributed by atoms with Crippen LogP contribution >= 0.6 is 0 Å². The Morgan fingerprint density at radius 1 is 0.923 bits per heavy atom. The molecular formula is C21H22N4O. The highest BCUT2D eigenvalue weighted by Gasteiger charge is 2.20. The summed E-state index contributed by atoms with van der Waals surface area (Å²) in [6.45, 7) is 4.21. The molecule has 1 saturated heterocycles. The van der Waals surface area contributed by atoms with Crippen LogP contribution in [0.1, 0.15) is 22.5 Å². The fourth-order valence-electron chi connectivity index (χ4n) is 3.43. The van der Waals surface area contributed by atoms with Gasteiger partial charge in [-0.15, -0.1) is 0 Å². The second-order valence-electron chi connectivity index (χ2n) is 6.65. The van der Waals surface area contributed by atoms with Crippen molar-refractivity contribution in [1.29, 1.82) is 0 Å². The van der Waals surface area contributed by atoms with E-state index in [1.165, 1.54) is 5.39 Å². The molecule has 1 amide bonds. The Kier molecular flexibility index (Phi) is 4.88. The largest absolute Gasteiger partial charge is 0.337 e. The molecular weight excluding hydrogens is 324 g/mol. The van der Waals surface area contributed by atoms with E-state index in [0.717, 1.165) is 50.4 Å². The van der Waals surface area contributed by atoms with Crippen molar-refractivity contribution in [3.8, 4) is 0 Å². The van der Waals surface area contributed by atoms with Gasteiger partial charge in [0, 0.05) is 56.1 Å². The van der Waals surface area contributed by atoms with E-state index in [9.17, 15) is 4.79 Å². The van der Waals surface area contributed by atoms with E-state index in [-0.39, 0.29) is 5.91 Å². The molecule has 0 atom stereocenters. The second-order valence-corrected chi connectivity index (χ2v) is 6.65. The molecule has 5 nitrogen and oxygen atoms in total. The van der Waals surface area contributed by atoms with Crippen LogP contribution in [0.25, 0.3) is 10.9 Å². The summed E-state index contributed by atoms with van der Waals surface area (Å²) in [5.41, 5.74) is 2.83. The van der Waals surface area contributed by atoms with Crippen LogP contribution in [0, 0.1) is 0 Å². The molecule has 2 aromatic heterocycles. The van der Waals surface area contributed by atoms with Crippen LogP contribution in [0.15, 0.2) is 60.9 Å². The number of carbonyl (C=O) groups is 1. The van der Waals surface area contributed by atoms with Gasteiger partial charge in [-0.3, -0.25) is 19.7 Å². The normalized spacial score (nSPS) is 15.8. The maximum atomic E-state index is 12.6. The van der Waals surface area contributed by atoms with Crippen LogP contribution in [0.3, 0.4) is 0 Å². The smallest absolute Gasteiger partial charge is 0.254 e. The van der Waals surface area contributed by atoms with Gasteiger partial charge in [-0.05, 0) is 30.7 Å². The Balaban J connectivity index is 1.41. The van der Waals surface area contributed by atoms with E-state index in [4.69, 9.17) is 4.98 Å². The monoisotopic (exact) mass is 346 g/mol. The summed E-state index contributed by atoms with van der Waals surface area (Å²) >= 11 is 0. The Morgan fingerprint density at radius 2 is 1.77 bits per heavy atom. The molecule has 3 heterocycles. The predicted molar refractivity (Wildman–Crippen MR) is 102 cm³/mol. The molecule has 0 aliphatic carbocycles. The Labute approximate surface area is 153 Å². The van der Waals surface area contributed by atoms with Gasteiger partial charge >= 0.3 is 0 Å². The topological polar surface area (TPSA) is 49.3 Å². The Morgan fingerprint density at radius 3 is 2.65 bits per heavy atom. The van der Waals surface area contributed by atoms with Crippen molar-refractivity contribution < 1.29 is 4.79 Å². The van der Waals surface area contributed by atoms with E-state index >= 15 is 0 Å². The van der Waals surface area contributed by atoms with E-state index in [2.05, 4.69) is 34.1 Å². The number of hydrogen-bond donors (Lipinski definition) is 0. The number of hydrogen-bond acceptors (Lipinski definition) is 4. The number of amides is 1. The zero-order valence-electron chi connectivity index (χ0n) is 14.7. The average Bonchev–Trinajstić information content (AvgIpc) is 2.93. The fraction of sp³-hybridized carbons (Fsp3) is 0.286. The van der Waals surface area contributed by atoms with Gasteiger partial charge < -0.3 is 4.90 Å². The van der Waals surface area contributed by atoms with E-state index < -0.39 is 0 Å². The summed E-state index contributed by atoms with van der Waals surface area (Å²) in [5.74, 6) is 0.0954. The average molecular weight is 346 g/mol. The molecule has 0 radical (unpaired) electrons. The van der Waals surface area contributed by atoms with Gasteiger partial charge in [0.1, 0.15) is 0 Å². The maximum absolute atomic E-state index is 12.6. The van der Waals surface area contributed by atoms with Crippen molar-refractivity contribution in [1.82, 2.24) is 19.8 Å². The quantitative estimate of drug-likeness (QED) is 0.732. The summed E-state index contributed by atoms with van der Waals surface area (Å²) < 4.78 is 0. The Bertz CT molecular complexity index is 897. The maximum Gasteiger partial charge on any atom is 0.254 e. The molecule has 5 heteroatoms. The van der Waals surface area contributed by atoms with E-state index in [1.807, 2.05) is 17.0 Å². The lowest BCUT2D eigenvalue weighted by Gasteiger charge is -2.22. The van der Waals surface area contributed by atoms with Crippen LogP contribution < -0.4 is 0 Å². The summed E-state index contributed by atoms with van der Waals surface area (Å²) in [4.78, 5) is 25.7. The lowest BCUT2D eigenvalue weighted by Crippen LogP contribution is -2.35. The first-order valence-corrected chi connectivity index (χ1v) is 9.06. The number of rotatable bonds is 3. The van der Waals surface area contributed by atoms with Gasteiger partial charge in [-0.1, -0.05) is 24.3 Å². The molecule has 0 spiro atoms. The molecule has 0 N–H and O–H groups in total. The summed E-state index contributed by atoms with van der Waals surface area (Å²) in [6, 6.07) is 16.0. The number of fused-ring (bicyclic) bond motifs is 1. The first kappa shape index (κ1) is 16.7. The van der Waals surface area contributed by atoms with Gasteiger partial charge in [0.25, 0.3) is 5.91 Å². The van der Waals surface area contributed by atoms with Crippen molar-refractivity contribution >= 4 is 16.8 Å². The van der Waals surface area contributed by atoms with Crippen molar-refractivity contribution in [2.24, 2.45) is 0 Å².